The van der Waals surface area contributed by atoms with Crippen molar-refractivity contribution in [3.8, 4) is 11.5 Å². The monoisotopic (exact) mass is 272 g/mol. The number of rotatable bonds is 2. The van der Waals surface area contributed by atoms with E-state index in [0.717, 1.165) is 12.1 Å². The Hall–Kier alpha value is -1.68. The van der Waals surface area contributed by atoms with Gasteiger partial charge in [-0.3, -0.25) is 0 Å². The zero-order valence-electron chi connectivity index (χ0n) is 9.04. The quantitative estimate of drug-likeness (QED) is 0.734. The SMILES string of the molecule is FC(F)(F)c1cccc(Oc2ccc(Cl)cc2)c1. The second kappa shape index (κ2) is 4.90. The predicted octanol–water partition coefficient (Wildman–Crippen LogP) is 5.15. The Kier molecular flexibility index (Phi) is 3.48. The molecule has 18 heavy (non-hydrogen) atoms. The molecule has 0 saturated carbocycles. The fourth-order valence-electron chi connectivity index (χ4n) is 1.37. The molecule has 0 spiro atoms. The van der Waals surface area contributed by atoms with Crippen LogP contribution in [0.15, 0.2) is 48.5 Å². The van der Waals surface area contributed by atoms with Crippen molar-refractivity contribution in [3.63, 3.8) is 0 Å². The first kappa shape index (κ1) is 12.8. The highest BCUT2D eigenvalue weighted by molar-refractivity contribution is 6.30. The van der Waals surface area contributed by atoms with Gasteiger partial charge in [0.15, 0.2) is 0 Å². The van der Waals surface area contributed by atoms with Crippen LogP contribution in [-0.2, 0) is 6.18 Å². The maximum atomic E-state index is 12.5. The molecule has 0 aliphatic rings. The number of ether oxygens (including phenoxy) is 1. The molecule has 0 atom stereocenters. The van der Waals surface area contributed by atoms with E-state index in [1.807, 2.05) is 0 Å². The van der Waals surface area contributed by atoms with Gasteiger partial charge in [0.05, 0.1) is 5.56 Å². The molecule has 0 fully saturated rings. The molecule has 94 valence electrons. The number of hydrogen-bond acceptors (Lipinski definition) is 1. The van der Waals surface area contributed by atoms with E-state index in [9.17, 15) is 13.2 Å². The van der Waals surface area contributed by atoms with E-state index >= 15 is 0 Å². The number of halogens is 4. The van der Waals surface area contributed by atoms with Crippen molar-refractivity contribution in [2.45, 2.75) is 6.18 Å². The summed E-state index contributed by atoms with van der Waals surface area (Å²) in [5.74, 6) is 0.561. The van der Waals surface area contributed by atoms with Crippen molar-refractivity contribution < 1.29 is 17.9 Å². The lowest BCUT2D eigenvalue weighted by atomic mass is 10.2. The standard InChI is InChI=1S/C13H8ClF3O/c14-10-4-6-11(7-5-10)18-12-3-1-2-9(8-12)13(15,16)17/h1-8H. The molecule has 0 saturated heterocycles. The molecular formula is C13H8ClF3O. The highest BCUT2D eigenvalue weighted by atomic mass is 35.5. The molecule has 0 unspecified atom stereocenters. The first-order valence-electron chi connectivity index (χ1n) is 5.06. The van der Waals surface area contributed by atoms with Crippen LogP contribution in [0.3, 0.4) is 0 Å². The summed E-state index contributed by atoms with van der Waals surface area (Å²) in [6.45, 7) is 0. The van der Waals surface area contributed by atoms with Gasteiger partial charge in [-0.2, -0.15) is 13.2 Å². The summed E-state index contributed by atoms with van der Waals surface area (Å²) in [6.07, 6.45) is -4.38. The van der Waals surface area contributed by atoms with Gasteiger partial charge in [-0.1, -0.05) is 17.7 Å². The molecule has 5 heteroatoms. The third-order valence-corrected chi connectivity index (χ3v) is 2.46. The zero-order chi connectivity index (χ0) is 13.2. The van der Waals surface area contributed by atoms with Crippen molar-refractivity contribution in [3.05, 3.63) is 59.1 Å². The average Bonchev–Trinajstić information content (AvgIpc) is 2.31. The minimum Gasteiger partial charge on any atom is -0.457 e. The average molecular weight is 273 g/mol. The maximum absolute atomic E-state index is 12.5. The lowest BCUT2D eigenvalue weighted by Gasteiger charge is -2.09. The van der Waals surface area contributed by atoms with Gasteiger partial charge >= 0.3 is 6.18 Å². The van der Waals surface area contributed by atoms with Crippen LogP contribution in [0.25, 0.3) is 0 Å². The van der Waals surface area contributed by atoms with E-state index < -0.39 is 11.7 Å². The van der Waals surface area contributed by atoms with Gasteiger partial charge in [0.1, 0.15) is 11.5 Å². The fraction of sp³-hybridized carbons (Fsp3) is 0.0769. The van der Waals surface area contributed by atoms with Crippen LogP contribution in [0.4, 0.5) is 13.2 Å². The van der Waals surface area contributed by atoms with Gasteiger partial charge in [0.25, 0.3) is 0 Å². The van der Waals surface area contributed by atoms with Gasteiger partial charge in [-0.05, 0) is 42.5 Å². The summed E-state index contributed by atoms with van der Waals surface area (Å²) in [5.41, 5.74) is -0.742. The van der Waals surface area contributed by atoms with Crippen molar-refractivity contribution in [2.75, 3.05) is 0 Å². The molecule has 1 nitrogen and oxygen atoms in total. The fourth-order valence-corrected chi connectivity index (χ4v) is 1.50. The molecule has 0 aliphatic heterocycles. The van der Waals surface area contributed by atoms with Gasteiger partial charge in [-0.25, -0.2) is 0 Å². The molecule has 2 aromatic rings. The van der Waals surface area contributed by atoms with E-state index in [2.05, 4.69) is 0 Å². The highest BCUT2D eigenvalue weighted by Gasteiger charge is 2.30. The summed E-state index contributed by atoms with van der Waals surface area (Å²) < 4.78 is 42.8. The van der Waals surface area contributed by atoms with Crippen LogP contribution >= 0.6 is 11.6 Å². The summed E-state index contributed by atoms with van der Waals surface area (Å²) in [5, 5.41) is 0.534. The molecule has 2 aromatic carbocycles. The lowest BCUT2D eigenvalue weighted by molar-refractivity contribution is -0.137. The third-order valence-electron chi connectivity index (χ3n) is 2.21. The van der Waals surface area contributed by atoms with Crippen LogP contribution in [0.2, 0.25) is 5.02 Å². The van der Waals surface area contributed by atoms with Crippen LogP contribution in [-0.4, -0.2) is 0 Å². The Balaban J connectivity index is 2.22. The first-order chi connectivity index (χ1) is 8.45. The van der Waals surface area contributed by atoms with Crippen molar-refractivity contribution in [2.24, 2.45) is 0 Å². The highest BCUT2D eigenvalue weighted by Crippen LogP contribution is 2.32. The molecule has 0 bridgehead atoms. The summed E-state index contributed by atoms with van der Waals surface area (Å²) in [6, 6.07) is 11.1. The van der Waals surface area contributed by atoms with E-state index in [-0.39, 0.29) is 5.75 Å². The van der Waals surface area contributed by atoms with Crippen molar-refractivity contribution >= 4 is 11.6 Å². The molecule has 0 aliphatic carbocycles. The van der Waals surface area contributed by atoms with Crippen LogP contribution in [0.5, 0.6) is 11.5 Å². The van der Waals surface area contributed by atoms with E-state index in [4.69, 9.17) is 16.3 Å². The second-order valence-electron chi connectivity index (χ2n) is 3.58. The van der Waals surface area contributed by atoms with Crippen LogP contribution < -0.4 is 4.74 Å². The third kappa shape index (κ3) is 3.17. The van der Waals surface area contributed by atoms with Gasteiger partial charge in [0, 0.05) is 5.02 Å². The van der Waals surface area contributed by atoms with Crippen LogP contribution in [0, 0.1) is 0 Å². The first-order valence-corrected chi connectivity index (χ1v) is 5.43. The Morgan fingerprint density at radius 1 is 0.889 bits per heavy atom. The van der Waals surface area contributed by atoms with E-state index in [0.29, 0.717) is 10.8 Å². The molecule has 0 amide bonds. The molecular weight excluding hydrogens is 265 g/mol. The molecule has 2 rings (SSSR count). The Morgan fingerprint density at radius 2 is 1.56 bits per heavy atom. The Bertz CT molecular complexity index is 535. The summed E-state index contributed by atoms with van der Waals surface area (Å²) in [7, 11) is 0. The zero-order valence-corrected chi connectivity index (χ0v) is 9.79. The smallest absolute Gasteiger partial charge is 0.416 e. The normalized spacial score (nSPS) is 11.3. The maximum Gasteiger partial charge on any atom is 0.416 e. The minimum atomic E-state index is -4.38. The van der Waals surface area contributed by atoms with Gasteiger partial charge in [0.2, 0.25) is 0 Å². The molecule has 0 aromatic heterocycles. The summed E-state index contributed by atoms with van der Waals surface area (Å²) in [4.78, 5) is 0. The number of alkyl halides is 3. The minimum absolute atomic E-state index is 0.132. The van der Waals surface area contributed by atoms with Gasteiger partial charge < -0.3 is 4.74 Å². The topological polar surface area (TPSA) is 9.23 Å². The largest absolute Gasteiger partial charge is 0.457 e. The summed E-state index contributed by atoms with van der Waals surface area (Å²) >= 11 is 5.70. The van der Waals surface area contributed by atoms with Crippen molar-refractivity contribution in [1.82, 2.24) is 0 Å². The van der Waals surface area contributed by atoms with Crippen LogP contribution in [0.1, 0.15) is 5.56 Å². The molecule has 0 heterocycles. The number of benzene rings is 2. The van der Waals surface area contributed by atoms with E-state index in [1.165, 1.54) is 12.1 Å². The predicted molar refractivity (Wildman–Crippen MR) is 63.0 cm³/mol. The van der Waals surface area contributed by atoms with E-state index in [1.54, 1.807) is 24.3 Å². The molecule has 0 N–H and O–H groups in total. The Morgan fingerprint density at radius 3 is 2.17 bits per heavy atom. The number of hydrogen-bond donors (Lipinski definition) is 0. The van der Waals surface area contributed by atoms with Crippen molar-refractivity contribution in [1.29, 1.82) is 0 Å². The van der Waals surface area contributed by atoms with Gasteiger partial charge in [-0.15, -0.1) is 0 Å². The molecule has 0 radical (unpaired) electrons. The Labute approximate surface area is 107 Å². The lowest BCUT2D eigenvalue weighted by Crippen LogP contribution is -2.04. The second-order valence-corrected chi connectivity index (χ2v) is 4.02.